The number of hydrogen-bond acceptors (Lipinski definition) is 12. The normalized spacial score (nSPS) is 17.3. The minimum absolute atomic E-state index is 0.174. The molecule has 2 fully saturated rings. The van der Waals surface area contributed by atoms with E-state index in [9.17, 15) is 38.4 Å². The second-order valence-corrected chi connectivity index (χ2v) is 7.93. The fourth-order valence-electron chi connectivity index (χ4n) is 3.22. The summed E-state index contributed by atoms with van der Waals surface area (Å²) in [7, 11) is 0. The summed E-state index contributed by atoms with van der Waals surface area (Å²) in [6.45, 7) is -1.58. The summed E-state index contributed by atoms with van der Waals surface area (Å²) in [4.78, 5) is 97.5. The first-order valence-corrected chi connectivity index (χ1v) is 10.8. The number of piperazine rings is 2. The zero-order chi connectivity index (χ0) is 26.8. The molecule has 2 heterocycles. The highest BCUT2D eigenvalue weighted by atomic mass is 16.6. The highest BCUT2D eigenvalue weighted by molar-refractivity contribution is 6.00. The van der Waals surface area contributed by atoms with Gasteiger partial charge in [-0.1, -0.05) is 0 Å². The van der Waals surface area contributed by atoms with Crippen LogP contribution in [0.5, 0.6) is 0 Å². The van der Waals surface area contributed by atoms with Crippen molar-refractivity contribution in [2.75, 3.05) is 52.7 Å². The number of nitrogens with zero attached hydrogens (tertiary/aromatic N) is 4. The van der Waals surface area contributed by atoms with Gasteiger partial charge in [0.1, 0.15) is 0 Å². The largest absolute Gasteiger partial charge is 0.481 e. The van der Waals surface area contributed by atoms with Gasteiger partial charge in [-0.15, -0.1) is 0 Å². The first-order chi connectivity index (χ1) is 17.0. The molecule has 2 N–H and O–H groups in total. The Balaban J connectivity index is 1.74. The van der Waals surface area contributed by atoms with Gasteiger partial charge in [-0.3, -0.25) is 48.2 Å². The number of esters is 2. The number of aliphatic carboxylic acids is 2. The molecule has 0 aromatic carbocycles. The van der Waals surface area contributed by atoms with Crippen molar-refractivity contribution in [2.45, 2.75) is 25.7 Å². The number of carbonyl (C=O) groups is 8. The minimum Gasteiger partial charge on any atom is -0.481 e. The van der Waals surface area contributed by atoms with Gasteiger partial charge in [0.05, 0.1) is 51.9 Å². The van der Waals surface area contributed by atoms with E-state index < -0.39 is 86.7 Å². The second-order valence-electron chi connectivity index (χ2n) is 7.93. The molecule has 0 aliphatic carbocycles. The van der Waals surface area contributed by atoms with Crippen molar-refractivity contribution in [3.8, 4) is 0 Å². The van der Waals surface area contributed by atoms with E-state index in [0.717, 1.165) is 9.80 Å². The number of carboxylic acid groups (broad SMARTS) is 2. The number of hydrogen-bond donors (Lipinski definition) is 2. The molecular formula is C20H26N4O12. The van der Waals surface area contributed by atoms with Gasteiger partial charge in [-0.2, -0.15) is 0 Å². The number of carboxylic acids is 2. The third-order valence-corrected chi connectivity index (χ3v) is 5.17. The van der Waals surface area contributed by atoms with Crippen LogP contribution in [0.3, 0.4) is 0 Å². The van der Waals surface area contributed by atoms with Gasteiger partial charge in [0.2, 0.25) is 23.6 Å². The van der Waals surface area contributed by atoms with Crippen LogP contribution in [-0.4, -0.2) is 130 Å². The maximum atomic E-state index is 12.3. The first-order valence-electron chi connectivity index (χ1n) is 10.8. The Morgan fingerprint density at radius 1 is 0.583 bits per heavy atom. The molecule has 0 atom stereocenters. The lowest BCUT2D eigenvalue weighted by atomic mass is 10.2. The average Bonchev–Trinajstić information content (AvgIpc) is 2.79. The molecule has 0 saturated carbocycles. The maximum Gasteiger partial charge on any atom is 0.308 e. The van der Waals surface area contributed by atoms with Crippen LogP contribution in [0.2, 0.25) is 0 Å². The zero-order valence-electron chi connectivity index (χ0n) is 19.3. The quantitative estimate of drug-likeness (QED) is 0.186. The maximum absolute atomic E-state index is 12.3. The molecule has 0 aromatic heterocycles. The molecule has 2 aliphatic rings. The fourth-order valence-corrected chi connectivity index (χ4v) is 3.22. The van der Waals surface area contributed by atoms with Gasteiger partial charge in [0.25, 0.3) is 0 Å². The van der Waals surface area contributed by atoms with E-state index in [0.29, 0.717) is 0 Å². The van der Waals surface area contributed by atoms with E-state index in [1.165, 1.54) is 9.80 Å². The summed E-state index contributed by atoms with van der Waals surface area (Å²) < 4.78 is 9.55. The monoisotopic (exact) mass is 514 g/mol. The van der Waals surface area contributed by atoms with E-state index >= 15 is 0 Å². The average molecular weight is 514 g/mol. The van der Waals surface area contributed by atoms with Gasteiger partial charge >= 0.3 is 23.9 Å². The van der Waals surface area contributed by atoms with E-state index in [-0.39, 0.29) is 39.3 Å². The molecule has 0 spiro atoms. The Morgan fingerprint density at radius 3 is 1.17 bits per heavy atom. The lowest BCUT2D eigenvalue weighted by molar-refractivity contribution is -0.167. The molecule has 16 heteroatoms. The summed E-state index contributed by atoms with van der Waals surface area (Å²) in [5, 5.41) is 17.1. The molecule has 2 rings (SSSR count). The van der Waals surface area contributed by atoms with Gasteiger partial charge in [0, 0.05) is 13.1 Å². The molecule has 2 aliphatic heterocycles. The summed E-state index contributed by atoms with van der Waals surface area (Å²) in [6.07, 6.45) is -1.66. The Kier molecular flexibility index (Phi) is 10.4. The van der Waals surface area contributed by atoms with Gasteiger partial charge < -0.3 is 19.7 Å². The number of carbonyl (C=O) groups excluding carboxylic acids is 6. The van der Waals surface area contributed by atoms with Crippen LogP contribution < -0.4 is 0 Å². The summed E-state index contributed by atoms with van der Waals surface area (Å²) in [6, 6.07) is 0. The Hall–Kier alpha value is -3.92. The predicted molar refractivity (Wildman–Crippen MR) is 112 cm³/mol. The van der Waals surface area contributed by atoms with Crippen LogP contribution in [0.25, 0.3) is 0 Å². The molecule has 16 nitrogen and oxygen atoms in total. The van der Waals surface area contributed by atoms with Crippen molar-refractivity contribution < 1.29 is 58.0 Å². The van der Waals surface area contributed by atoms with E-state index in [1.54, 1.807) is 0 Å². The molecule has 2 saturated heterocycles. The smallest absolute Gasteiger partial charge is 0.308 e. The molecule has 4 amide bonds. The predicted octanol–water partition coefficient (Wildman–Crippen LogP) is -2.94. The molecule has 0 radical (unpaired) electrons. The summed E-state index contributed by atoms with van der Waals surface area (Å²) in [5.74, 6) is -6.59. The zero-order valence-corrected chi connectivity index (χ0v) is 19.3. The summed E-state index contributed by atoms with van der Waals surface area (Å²) in [5.41, 5.74) is 0. The van der Waals surface area contributed by atoms with Gasteiger partial charge in [0.15, 0.2) is 13.5 Å². The van der Waals surface area contributed by atoms with Crippen molar-refractivity contribution in [3.05, 3.63) is 0 Å². The van der Waals surface area contributed by atoms with Crippen LogP contribution in [0.4, 0.5) is 0 Å². The van der Waals surface area contributed by atoms with Crippen molar-refractivity contribution in [1.82, 2.24) is 19.6 Å². The minimum atomic E-state index is -1.19. The van der Waals surface area contributed by atoms with Crippen molar-refractivity contribution >= 4 is 47.5 Å². The number of amides is 4. The lowest BCUT2D eigenvalue weighted by Crippen LogP contribution is -2.58. The number of ether oxygens (including phenoxy) is 2. The van der Waals surface area contributed by atoms with Crippen LogP contribution >= 0.6 is 0 Å². The Bertz CT molecular complexity index is 826. The highest BCUT2D eigenvalue weighted by Gasteiger charge is 2.34. The fraction of sp³-hybridized carbons (Fsp3) is 0.600. The SMILES string of the molecule is O=C(O)CCC(=O)OCN1C(=O)CN(CCN2CC(=O)N(COC(=O)CCC(=O)O)C(=O)C2)CC1=O. The first kappa shape index (κ1) is 28.3. The van der Waals surface area contributed by atoms with Crippen molar-refractivity contribution in [3.63, 3.8) is 0 Å². The molecule has 198 valence electrons. The molecule has 0 unspecified atom stereocenters. The summed E-state index contributed by atoms with van der Waals surface area (Å²) >= 11 is 0. The van der Waals surface area contributed by atoms with Crippen molar-refractivity contribution in [1.29, 1.82) is 0 Å². The Morgan fingerprint density at radius 2 is 0.889 bits per heavy atom. The molecule has 0 bridgehead atoms. The topological polar surface area (TPSA) is 208 Å². The van der Waals surface area contributed by atoms with Crippen LogP contribution in [0, 0.1) is 0 Å². The van der Waals surface area contributed by atoms with Gasteiger partial charge in [-0.25, -0.2) is 9.80 Å². The third-order valence-electron chi connectivity index (χ3n) is 5.17. The van der Waals surface area contributed by atoms with Crippen LogP contribution in [-0.2, 0) is 47.8 Å². The third kappa shape index (κ3) is 9.03. The van der Waals surface area contributed by atoms with E-state index in [2.05, 4.69) is 0 Å². The number of rotatable bonds is 13. The van der Waals surface area contributed by atoms with Crippen LogP contribution in [0.15, 0.2) is 0 Å². The standard InChI is InChI=1S/C20H26N4O12/c25-13-7-21(8-14(26)23(13)11-35-19(33)3-1-17(29)30)5-6-22-9-15(27)24(16(28)10-22)12-36-20(34)4-2-18(31)32/h1-12H2,(H,29,30)(H,31,32). The van der Waals surface area contributed by atoms with E-state index in [1.807, 2.05) is 0 Å². The molecular weight excluding hydrogens is 488 g/mol. The van der Waals surface area contributed by atoms with Gasteiger partial charge in [-0.05, 0) is 0 Å². The Labute approximate surface area is 204 Å². The number of imide groups is 2. The highest BCUT2D eigenvalue weighted by Crippen LogP contribution is 2.09. The van der Waals surface area contributed by atoms with Crippen molar-refractivity contribution in [2.24, 2.45) is 0 Å². The molecule has 36 heavy (non-hydrogen) atoms. The lowest BCUT2D eigenvalue weighted by Gasteiger charge is -2.35. The second kappa shape index (κ2) is 13.2. The van der Waals surface area contributed by atoms with E-state index in [4.69, 9.17) is 19.7 Å². The van der Waals surface area contributed by atoms with Crippen LogP contribution in [0.1, 0.15) is 25.7 Å². The molecule has 0 aromatic rings.